The third-order valence-electron chi connectivity index (χ3n) is 6.11. The van der Waals surface area contributed by atoms with Gasteiger partial charge in [-0.25, -0.2) is 0 Å². The lowest BCUT2D eigenvalue weighted by molar-refractivity contribution is 0.154. The van der Waals surface area contributed by atoms with Crippen LogP contribution in [0.1, 0.15) is 69.4 Å². The first-order valence-electron chi connectivity index (χ1n) is 8.83. The minimum atomic E-state index is 0.498. The highest BCUT2D eigenvalue weighted by atomic mass is 16.5. The Morgan fingerprint density at radius 3 is 2.52 bits per heavy atom. The Morgan fingerprint density at radius 1 is 0.952 bits per heavy atom. The van der Waals surface area contributed by atoms with Gasteiger partial charge >= 0.3 is 0 Å². The zero-order chi connectivity index (χ0) is 14.1. The van der Waals surface area contributed by atoms with Crippen LogP contribution in [0.25, 0.3) is 0 Å². The fourth-order valence-electron chi connectivity index (χ4n) is 4.82. The first kappa shape index (κ1) is 13.6. The Kier molecular flexibility index (Phi) is 3.66. The van der Waals surface area contributed by atoms with E-state index in [2.05, 4.69) is 29.6 Å². The molecule has 0 aromatic heterocycles. The van der Waals surface area contributed by atoms with Crippen LogP contribution >= 0.6 is 0 Å². The molecule has 1 aromatic rings. The maximum atomic E-state index is 5.78. The average Bonchev–Trinajstić information content (AvgIpc) is 2.99. The molecule has 1 aromatic carbocycles. The molecule has 1 aliphatic heterocycles. The van der Waals surface area contributed by atoms with Crippen molar-refractivity contribution >= 4 is 0 Å². The van der Waals surface area contributed by atoms with Gasteiger partial charge in [-0.3, -0.25) is 0 Å². The van der Waals surface area contributed by atoms with E-state index < -0.39 is 0 Å². The fraction of sp³-hybridized carbons (Fsp3) is 0.684. The van der Waals surface area contributed by atoms with Gasteiger partial charge in [0.2, 0.25) is 0 Å². The molecule has 21 heavy (non-hydrogen) atoms. The van der Waals surface area contributed by atoms with E-state index in [9.17, 15) is 0 Å². The standard InChI is InChI=1S/C19H27NO/c1-2-6-18-16(5-1)17(9-14-21-18)20-15-7-12-19(13-8-15)10-3-4-11-19/h1-2,5-6,15,17,20H,3-4,7-14H2. The van der Waals surface area contributed by atoms with Crippen molar-refractivity contribution in [2.24, 2.45) is 5.41 Å². The molecule has 2 nitrogen and oxygen atoms in total. The Bertz CT molecular complexity index is 482. The molecule has 2 fully saturated rings. The summed E-state index contributed by atoms with van der Waals surface area (Å²) in [6.45, 7) is 0.853. The summed E-state index contributed by atoms with van der Waals surface area (Å²) in [6.07, 6.45) is 12.7. The second-order valence-electron chi connectivity index (χ2n) is 7.38. The van der Waals surface area contributed by atoms with Crippen molar-refractivity contribution in [2.75, 3.05) is 6.61 Å². The van der Waals surface area contributed by atoms with Crippen molar-refractivity contribution in [3.8, 4) is 5.75 Å². The number of nitrogens with one attached hydrogen (secondary N) is 1. The third-order valence-corrected chi connectivity index (χ3v) is 6.11. The molecule has 1 atom stereocenters. The second-order valence-corrected chi connectivity index (χ2v) is 7.38. The molecular formula is C19H27NO. The van der Waals surface area contributed by atoms with Crippen LogP contribution in [0.4, 0.5) is 0 Å². The highest BCUT2D eigenvalue weighted by molar-refractivity contribution is 5.37. The van der Waals surface area contributed by atoms with Crippen LogP contribution < -0.4 is 10.1 Å². The van der Waals surface area contributed by atoms with E-state index in [1.54, 1.807) is 0 Å². The largest absolute Gasteiger partial charge is 0.493 e. The molecule has 1 N–H and O–H groups in total. The molecule has 1 unspecified atom stereocenters. The topological polar surface area (TPSA) is 21.3 Å². The maximum Gasteiger partial charge on any atom is 0.124 e. The van der Waals surface area contributed by atoms with E-state index in [0.717, 1.165) is 24.2 Å². The summed E-state index contributed by atoms with van der Waals surface area (Å²) in [4.78, 5) is 0. The molecule has 1 spiro atoms. The quantitative estimate of drug-likeness (QED) is 0.857. The van der Waals surface area contributed by atoms with Crippen LogP contribution in [0.3, 0.4) is 0 Å². The van der Waals surface area contributed by atoms with Gasteiger partial charge in [-0.2, -0.15) is 0 Å². The maximum absolute atomic E-state index is 5.78. The van der Waals surface area contributed by atoms with Gasteiger partial charge in [-0.15, -0.1) is 0 Å². The van der Waals surface area contributed by atoms with Crippen molar-refractivity contribution in [3.05, 3.63) is 29.8 Å². The lowest BCUT2D eigenvalue weighted by Crippen LogP contribution is -2.40. The monoisotopic (exact) mass is 285 g/mol. The van der Waals surface area contributed by atoms with E-state index in [1.165, 1.54) is 56.9 Å². The first-order chi connectivity index (χ1) is 10.3. The van der Waals surface area contributed by atoms with E-state index in [-0.39, 0.29) is 0 Å². The molecular weight excluding hydrogens is 258 g/mol. The molecule has 0 amide bonds. The minimum absolute atomic E-state index is 0.498. The molecule has 4 rings (SSSR count). The summed E-state index contributed by atoms with van der Waals surface area (Å²) < 4.78 is 5.78. The van der Waals surface area contributed by atoms with Crippen molar-refractivity contribution in [3.63, 3.8) is 0 Å². The summed E-state index contributed by atoms with van der Waals surface area (Å²) in [6, 6.07) is 9.76. The van der Waals surface area contributed by atoms with E-state index in [0.29, 0.717) is 12.1 Å². The van der Waals surface area contributed by atoms with Crippen molar-refractivity contribution in [2.45, 2.75) is 69.9 Å². The lowest BCUT2D eigenvalue weighted by Gasteiger charge is -2.39. The number of rotatable bonds is 2. The van der Waals surface area contributed by atoms with Crippen molar-refractivity contribution in [1.82, 2.24) is 5.32 Å². The number of fused-ring (bicyclic) bond motifs is 1. The Morgan fingerprint density at radius 2 is 1.71 bits per heavy atom. The number of benzene rings is 1. The SMILES string of the molecule is c1ccc2c(c1)OCCC2NC1CCC2(CCCC2)CC1. The summed E-state index contributed by atoms with van der Waals surface area (Å²) in [5.74, 6) is 1.09. The highest BCUT2D eigenvalue weighted by Crippen LogP contribution is 2.49. The molecule has 1 heterocycles. The molecule has 0 radical (unpaired) electrons. The van der Waals surface area contributed by atoms with E-state index in [4.69, 9.17) is 4.74 Å². The fourth-order valence-corrected chi connectivity index (χ4v) is 4.82. The van der Waals surface area contributed by atoms with Crippen LogP contribution in [0, 0.1) is 5.41 Å². The van der Waals surface area contributed by atoms with Crippen molar-refractivity contribution in [1.29, 1.82) is 0 Å². The summed E-state index contributed by atoms with van der Waals surface area (Å²) in [5, 5.41) is 3.94. The van der Waals surface area contributed by atoms with E-state index >= 15 is 0 Å². The minimum Gasteiger partial charge on any atom is -0.493 e. The predicted molar refractivity (Wildman–Crippen MR) is 85.6 cm³/mol. The zero-order valence-electron chi connectivity index (χ0n) is 12.9. The normalized spacial score (nSPS) is 28.3. The smallest absolute Gasteiger partial charge is 0.124 e. The van der Waals surface area contributed by atoms with Gasteiger partial charge in [-0.05, 0) is 50.0 Å². The average molecular weight is 285 g/mol. The third kappa shape index (κ3) is 2.70. The molecule has 2 saturated carbocycles. The number of ether oxygens (including phenoxy) is 1. The molecule has 2 aliphatic carbocycles. The van der Waals surface area contributed by atoms with Crippen molar-refractivity contribution < 1.29 is 4.74 Å². The van der Waals surface area contributed by atoms with Gasteiger partial charge in [-0.1, -0.05) is 31.0 Å². The van der Waals surface area contributed by atoms with Crippen LogP contribution in [0.15, 0.2) is 24.3 Å². The lowest BCUT2D eigenvalue weighted by atomic mass is 9.71. The summed E-state index contributed by atoms with van der Waals surface area (Å²) >= 11 is 0. The Labute approximate surface area is 128 Å². The predicted octanol–water partition coefficient (Wildman–Crippen LogP) is 4.60. The number of hydrogen-bond acceptors (Lipinski definition) is 2. The molecule has 3 aliphatic rings. The van der Waals surface area contributed by atoms with Crippen LogP contribution in [-0.4, -0.2) is 12.6 Å². The molecule has 2 heteroatoms. The Hall–Kier alpha value is -1.02. The molecule has 0 saturated heterocycles. The Balaban J connectivity index is 1.39. The molecule has 0 bridgehead atoms. The highest BCUT2D eigenvalue weighted by Gasteiger charge is 2.38. The van der Waals surface area contributed by atoms with Gasteiger partial charge in [0.15, 0.2) is 0 Å². The van der Waals surface area contributed by atoms with Gasteiger partial charge < -0.3 is 10.1 Å². The number of hydrogen-bond donors (Lipinski definition) is 1. The van der Waals surface area contributed by atoms with Crippen LogP contribution in [0.2, 0.25) is 0 Å². The van der Waals surface area contributed by atoms with E-state index in [1.807, 2.05) is 0 Å². The summed E-state index contributed by atoms with van der Waals surface area (Å²) in [7, 11) is 0. The van der Waals surface area contributed by atoms with Crippen LogP contribution in [-0.2, 0) is 0 Å². The zero-order valence-corrected chi connectivity index (χ0v) is 12.9. The second kappa shape index (κ2) is 5.64. The van der Waals surface area contributed by atoms with Gasteiger partial charge in [0.25, 0.3) is 0 Å². The van der Waals surface area contributed by atoms with Gasteiger partial charge in [0, 0.05) is 24.1 Å². The molecule has 114 valence electrons. The number of para-hydroxylation sites is 1. The first-order valence-corrected chi connectivity index (χ1v) is 8.83. The van der Waals surface area contributed by atoms with Crippen LogP contribution in [0.5, 0.6) is 5.75 Å². The summed E-state index contributed by atoms with van der Waals surface area (Å²) in [5.41, 5.74) is 2.11. The van der Waals surface area contributed by atoms with Gasteiger partial charge in [0.1, 0.15) is 5.75 Å². The van der Waals surface area contributed by atoms with Gasteiger partial charge in [0.05, 0.1) is 6.61 Å².